The van der Waals surface area contributed by atoms with Crippen LogP contribution in [-0.4, -0.2) is 23.4 Å². The summed E-state index contributed by atoms with van der Waals surface area (Å²) in [5, 5.41) is 8.86. The largest absolute Gasteiger partial charge is 0.340 e. The molecular weight excluding hydrogens is 156 g/mol. The first-order valence-electron chi connectivity index (χ1n) is 4.13. The van der Waals surface area contributed by atoms with Gasteiger partial charge in [0.25, 0.3) is 0 Å². The summed E-state index contributed by atoms with van der Waals surface area (Å²) in [6.07, 6.45) is 1.71. The molecule has 4 nitrogen and oxygen atoms in total. The van der Waals surface area contributed by atoms with E-state index in [0.717, 1.165) is 6.42 Å². The van der Waals surface area contributed by atoms with Gasteiger partial charge in [-0.2, -0.15) is 5.06 Å². The van der Waals surface area contributed by atoms with E-state index in [2.05, 4.69) is 6.92 Å². The Bertz CT molecular complexity index is 203. The van der Waals surface area contributed by atoms with Crippen LogP contribution in [-0.2, 0) is 9.63 Å². The fourth-order valence-corrected chi connectivity index (χ4v) is 1.24. The van der Waals surface area contributed by atoms with Crippen LogP contribution in [0.25, 0.3) is 0 Å². The average molecular weight is 170 g/mol. The summed E-state index contributed by atoms with van der Waals surface area (Å²) in [6, 6.07) is 0. The standard InChI is InChI=1S/C8H14N2O2/c1-6-3-4-8(9)10(5-6)12-7(2)11/h6,9H,3-5H2,1-2H3. The number of rotatable bonds is 1. The molecule has 1 heterocycles. The van der Waals surface area contributed by atoms with E-state index >= 15 is 0 Å². The number of hydrogen-bond acceptors (Lipinski definition) is 3. The molecule has 68 valence electrons. The Morgan fingerprint density at radius 3 is 3.00 bits per heavy atom. The molecule has 1 aliphatic rings. The van der Waals surface area contributed by atoms with Gasteiger partial charge in [-0.3, -0.25) is 10.2 Å². The summed E-state index contributed by atoms with van der Waals surface area (Å²) in [5.41, 5.74) is 0. The van der Waals surface area contributed by atoms with Crippen molar-refractivity contribution in [1.82, 2.24) is 5.06 Å². The number of nitrogens with one attached hydrogen (secondary N) is 1. The summed E-state index contributed by atoms with van der Waals surface area (Å²) < 4.78 is 0. The number of amidine groups is 1. The zero-order valence-corrected chi connectivity index (χ0v) is 7.46. The third-order valence-corrected chi connectivity index (χ3v) is 1.89. The smallest absolute Gasteiger partial charge is 0.329 e. The first-order chi connectivity index (χ1) is 5.59. The van der Waals surface area contributed by atoms with E-state index in [1.54, 1.807) is 0 Å². The van der Waals surface area contributed by atoms with Gasteiger partial charge in [0.2, 0.25) is 0 Å². The third kappa shape index (κ3) is 2.22. The van der Waals surface area contributed by atoms with Crippen LogP contribution >= 0.6 is 0 Å². The van der Waals surface area contributed by atoms with Crippen LogP contribution in [0.1, 0.15) is 26.7 Å². The second-order valence-electron chi connectivity index (χ2n) is 3.23. The number of carbonyl (C=O) groups is 1. The van der Waals surface area contributed by atoms with E-state index in [0.29, 0.717) is 24.7 Å². The monoisotopic (exact) mass is 170 g/mol. The van der Waals surface area contributed by atoms with Gasteiger partial charge in [0.15, 0.2) is 0 Å². The molecule has 4 heteroatoms. The van der Waals surface area contributed by atoms with Crippen molar-refractivity contribution in [2.24, 2.45) is 5.92 Å². The van der Waals surface area contributed by atoms with Crippen LogP contribution in [0.5, 0.6) is 0 Å². The summed E-state index contributed by atoms with van der Waals surface area (Å²) in [5.74, 6) is 0.551. The lowest BCUT2D eigenvalue weighted by atomic mass is 10.0. The topological polar surface area (TPSA) is 53.4 Å². The number of piperidine rings is 1. The molecule has 12 heavy (non-hydrogen) atoms. The van der Waals surface area contributed by atoms with Gasteiger partial charge < -0.3 is 4.84 Å². The van der Waals surface area contributed by atoms with E-state index in [1.807, 2.05) is 0 Å². The van der Waals surface area contributed by atoms with Crippen molar-refractivity contribution in [3.63, 3.8) is 0 Å². The van der Waals surface area contributed by atoms with Gasteiger partial charge in [0.1, 0.15) is 5.84 Å². The molecule has 0 bridgehead atoms. The molecule has 1 N–H and O–H groups in total. The minimum absolute atomic E-state index is 0.353. The molecule has 0 aliphatic carbocycles. The van der Waals surface area contributed by atoms with Gasteiger partial charge in [-0.25, -0.2) is 0 Å². The van der Waals surface area contributed by atoms with E-state index in [9.17, 15) is 4.79 Å². The molecule has 1 unspecified atom stereocenters. The Morgan fingerprint density at radius 2 is 2.42 bits per heavy atom. The number of nitrogens with zero attached hydrogens (tertiary/aromatic N) is 1. The molecule has 1 atom stereocenters. The molecular formula is C8H14N2O2. The van der Waals surface area contributed by atoms with Gasteiger partial charge >= 0.3 is 5.97 Å². The predicted octanol–water partition coefficient (Wildman–Crippen LogP) is 1.17. The molecule has 1 rings (SSSR count). The second kappa shape index (κ2) is 3.56. The van der Waals surface area contributed by atoms with E-state index in [4.69, 9.17) is 10.2 Å². The molecule has 1 fully saturated rings. The molecule has 0 aromatic rings. The Kier molecular flexibility index (Phi) is 2.68. The minimum Gasteiger partial charge on any atom is -0.340 e. The highest BCUT2D eigenvalue weighted by atomic mass is 16.7. The van der Waals surface area contributed by atoms with E-state index in [1.165, 1.54) is 12.0 Å². The molecule has 0 radical (unpaired) electrons. The second-order valence-corrected chi connectivity index (χ2v) is 3.23. The SMILES string of the molecule is CC(=O)ON1CC(C)CCC1=N. The first kappa shape index (κ1) is 9.03. The van der Waals surface area contributed by atoms with Crippen molar-refractivity contribution < 1.29 is 9.63 Å². The molecule has 0 aromatic carbocycles. The van der Waals surface area contributed by atoms with Crippen LogP contribution in [0.15, 0.2) is 0 Å². The fraction of sp³-hybridized carbons (Fsp3) is 0.750. The van der Waals surface area contributed by atoms with Gasteiger partial charge in [0, 0.05) is 13.3 Å². The highest BCUT2D eigenvalue weighted by Gasteiger charge is 2.22. The molecule has 0 spiro atoms. The van der Waals surface area contributed by atoms with Crippen LogP contribution in [0.2, 0.25) is 0 Å². The summed E-state index contributed by atoms with van der Waals surface area (Å²) in [7, 11) is 0. The fourth-order valence-electron chi connectivity index (χ4n) is 1.24. The van der Waals surface area contributed by atoms with Crippen molar-refractivity contribution in [2.45, 2.75) is 26.7 Å². The Balaban J connectivity index is 2.49. The van der Waals surface area contributed by atoms with Crippen molar-refractivity contribution in [3.8, 4) is 0 Å². The van der Waals surface area contributed by atoms with Crippen molar-refractivity contribution in [1.29, 1.82) is 5.41 Å². The number of hydroxylamine groups is 2. The highest BCUT2D eigenvalue weighted by molar-refractivity contribution is 5.80. The van der Waals surface area contributed by atoms with Crippen molar-refractivity contribution in [3.05, 3.63) is 0 Å². The van der Waals surface area contributed by atoms with Gasteiger partial charge in [-0.1, -0.05) is 6.92 Å². The summed E-state index contributed by atoms with van der Waals surface area (Å²) >= 11 is 0. The lowest BCUT2D eigenvalue weighted by Gasteiger charge is -2.30. The number of hydrogen-bond donors (Lipinski definition) is 1. The summed E-state index contributed by atoms with van der Waals surface area (Å²) in [4.78, 5) is 15.4. The van der Waals surface area contributed by atoms with Crippen LogP contribution in [0, 0.1) is 11.3 Å². The maximum absolute atomic E-state index is 10.6. The van der Waals surface area contributed by atoms with Gasteiger partial charge in [-0.15, -0.1) is 0 Å². The molecule has 0 amide bonds. The lowest BCUT2D eigenvalue weighted by Crippen LogP contribution is -2.39. The van der Waals surface area contributed by atoms with Gasteiger partial charge in [-0.05, 0) is 12.3 Å². The van der Waals surface area contributed by atoms with Crippen LogP contribution < -0.4 is 0 Å². The number of carbonyl (C=O) groups excluding carboxylic acids is 1. The molecule has 1 saturated heterocycles. The van der Waals surface area contributed by atoms with Crippen LogP contribution in [0.4, 0.5) is 0 Å². The maximum atomic E-state index is 10.6. The Hall–Kier alpha value is -1.06. The minimum atomic E-state index is -0.353. The summed E-state index contributed by atoms with van der Waals surface area (Å²) in [6.45, 7) is 4.09. The quantitative estimate of drug-likeness (QED) is 0.642. The van der Waals surface area contributed by atoms with Crippen LogP contribution in [0.3, 0.4) is 0 Å². The highest BCUT2D eigenvalue weighted by Crippen LogP contribution is 2.16. The zero-order valence-electron chi connectivity index (χ0n) is 7.46. The third-order valence-electron chi connectivity index (χ3n) is 1.89. The Labute approximate surface area is 72.0 Å². The molecule has 0 saturated carbocycles. The first-order valence-corrected chi connectivity index (χ1v) is 4.13. The molecule has 0 aromatic heterocycles. The maximum Gasteiger partial charge on any atom is 0.329 e. The molecule has 1 aliphatic heterocycles. The zero-order chi connectivity index (χ0) is 9.14. The van der Waals surface area contributed by atoms with E-state index < -0.39 is 0 Å². The normalized spacial score (nSPS) is 24.0. The average Bonchev–Trinajstić information content (AvgIpc) is 1.96. The van der Waals surface area contributed by atoms with E-state index in [-0.39, 0.29) is 5.97 Å². The lowest BCUT2D eigenvalue weighted by molar-refractivity contribution is -0.173. The Morgan fingerprint density at radius 1 is 1.75 bits per heavy atom. The van der Waals surface area contributed by atoms with Crippen molar-refractivity contribution in [2.75, 3.05) is 6.54 Å². The van der Waals surface area contributed by atoms with Gasteiger partial charge in [0.05, 0.1) is 6.54 Å². The van der Waals surface area contributed by atoms with Crippen molar-refractivity contribution >= 4 is 11.8 Å². The predicted molar refractivity (Wildman–Crippen MR) is 44.6 cm³/mol.